The van der Waals surface area contributed by atoms with Crippen molar-refractivity contribution in [3.05, 3.63) is 23.4 Å². The van der Waals surface area contributed by atoms with Gasteiger partial charge < -0.3 is 11.1 Å². The molecule has 0 radical (unpaired) electrons. The van der Waals surface area contributed by atoms with Crippen LogP contribution in [0, 0.1) is 6.92 Å². The first-order valence-corrected chi connectivity index (χ1v) is 7.57. The van der Waals surface area contributed by atoms with Crippen LogP contribution < -0.4 is 11.1 Å². The molecule has 0 spiro atoms. The normalized spacial score (nSPS) is 10.4. The van der Waals surface area contributed by atoms with Gasteiger partial charge in [0.05, 0.1) is 5.56 Å². The van der Waals surface area contributed by atoms with Gasteiger partial charge in [-0.3, -0.25) is 0 Å². The molecule has 4 heteroatoms. The Bertz CT molecular complexity index is 404. The highest BCUT2D eigenvalue weighted by atomic mass is 32.1. The van der Waals surface area contributed by atoms with Gasteiger partial charge in [-0.25, -0.2) is 4.98 Å². The predicted octanol–water partition coefficient (Wildman–Crippen LogP) is 3.80. The Morgan fingerprint density at radius 3 is 2.63 bits per heavy atom. The minimum atomic E-state index is 0.413. The fourth-order valence-electron chi connectivity index (χ4n) is 2.12. The fraction of sp³-hybridized carbons (Fsp3) is 0.600. The van der Waals surface area contributed by atoms with Crippen LogP contribution in [0.25, 0.3) is 0 Å². The van der Waals surface area contributed by atoms with Crippen LogP contribution in [0.1, 0.15) is 56.6 Å². The van der Waals surface area contributed by atoms with Crippen molar-refractivity contribution < 1.29 is 0 Å². The number of rotatable bonds is 9. The van der Waals surface area contributed by atoms with Crippen molar-refractivity contribution >= 4 is 23.0 Å². The van der Waals surface area contributed by atoms with Crippen LogP contribution in [-0.2, 0) is 0 Å². The average Bonchev–Trinajstić information content (AvgIpc) is 2.37. The molecular weight excluding hydrogens is 254 g/mol. The predicted molar refractivity (Wildman–Crippen MR) is 86.7 cm³/mol. The first-order valence-electron chi connectivity index (χ1n) is 7.16. The van der Waals surface area contributed by atoms with Crippen LogP contribution in [0.3, 0.4) is 0 Å². The lowest BCUT2D eigenvalue weighted by Gasteiger charge is -2.12. The number of hydrogen-bond donors (Lipinski definition) is 2. The molecule has 0 saturated heterocycles. The lowest BCUT2D eigenvalue weighted by atomic mass is 10.1. The quantitative estimate of drug-likeness (QED) is 0.533. The second kappa shape index (κ2) is 8.86. The van der Waals surface area contributed by atoms with Gasteiger partial charge in [-0.15, -0.1) is 0 Å². The van der Waals surface area contributed by atoms with Crippen molar-refractivity contribution in [2.24, 2.45) is 5.73 Å². The number of aryl methyl sites for hydroxylation is 1. The molecule has 0 saturated carbocycles. The molecule has 0 fully saturated rings. The van der Waals surface area contributed by atoms with Crippen LogP contribution in [0.2, 0.25) is 0 Å². The van der Waals surface area contributed by atoms with E-state index in [1.54, 1.807) is 6.20 Å². The van der Waals surface area contributed by atoms with E-state index in [4.69, 9.17) is 18.0 Å². The minimum Gasteiger partial charge on any atom is -0.389 e. The summed E-state index contributed by atoms with van der Waals surface area (Å²) in [5.41, 5.74) is 7.71. The number of nitrogens with one attached hydrogen (secondary N) is 1. The maximum Gasteiger partial charge on any atom is 0.136 e. The first-order chi connectivity index (χ1) is 9.16. The Labute approximate surface area is 122 Å². The van der Waals surface area contributed by atoms with Gasteiger partial charge in [0, 0.05) is 12.7 Å². The molecule has 1 aromatic heterocycles. The molecule has 0 bridgehead atoms. The number of thiocarbonyl (C=S) groups is 1. The highest BCUT2D eigenvalue weighted by molar-refractivity contribution is 7.80. The number of nitrogens with two attached hydrogens (primary N) is 1. The number of unbranched alkanes of at least 4 members (excludes halogenated alkanes) is 5. The zero-order valence-electron chi connectivity index (χ0n) is 12.0. The topological polar surface area (TPSA) is 50.9 Å². The van der Waals surface area contributed by atoms with Crippen molar-refractivity contribution in [3.8, 4) is 0 Å². The monoisotopic (exact) mass is 279 g/mol. The number of pyridine rings is 1. The molecular formula is C15H25N3S. The van der Waals surface area contributed by atoms with E-state index in [-0.39, 0.29) is 0 Å². The summed E-state index contributed by atoms with van der Waals surface area (Å²) in [5.74, 6) is 0.820. The molecule has 3 nitrogen and oxygen atoms in total. The number of anilines is 1. The van der Waals surface area contributed by atoms with Crippen LogP contribution in [0.4, 0.5) is 5.82 Å². The van der Waals surface area contributed by atoms with Crippen LogP contribution in [-0.4, -0.2) is 16.5 Å². The van der Waals surface area contributed by atoms with Gasteiger partial charge in [-0.05, 0) is 25.0 Å². The van der Waals surface area contributed by atoms with Crippen molar-refractivity contribution in [2.75, 3.05) is 11.9 Å². The van der Waals surface area contributed by atoms with E-state index in [9.17, 15) is 0 Å². The van der Waals surface area contributed by atoms with Gasteiger partial charge in [0.15, 0.2) is 0 Å². The fourth-order valence-corrected chi connectivity index (χ4v) is 2.37. The molecule has 106 valence electrons. The average molecular weight is 279 g/mol. The van der Waals surface area contributed by atoms with Gasteiger partial charge in [0.1, 0.15) is 10.8 Å². The SMILES string of the molecule is CCCCCCCCNc1nccc(C)c1C(N)=S. The van der Waals surface area contributed by atoms with E-state index in [1.807, 2.05) is 13.0 Å². The molecule has 1 heterocycles. The van der Waals surface area contributed by atoms with Crippen LogP contribution in [0.15, 0.2) is 12.3 Å². The van der Waals surface area contributed by atoms with Gasteiger partial charge in [0.25, 0.3) is 0 Å². The summed E-state index contributed by atoms with van der Waals surface area (Å²) < 4.78 is 0. The van der Waals surface area contributed by atoms with Crippen molar-refractivity contribution in [3.63, 3.8) is 0 Å². The Kier molecular flexibility index (Phi) is 7.41. The zero-order valence-corrected chi connectivity index (χ0v) is 12.9. The summed E-state index contributed by atoms with van der Waals surface area (Å²) in [6.07, 6.45) is 9.52. The summed E-state index contributed by atoms with van der Waals surface area (Å²) in [6, 6.07) is 1.93. The summed E-state index contributed by atoms with van der Waals surface area (Å²) in [5, 5.41) is 3.35. The Morgan fingerprint density at radius 1 is 1.26 bits per heavy atom. The van der Waals surface area contributed by atoms with Crippen LogP contribution >= 0.6 is 12.2 Å². The molecule has 1 rings (SSSR count). The number of hydrogen-bond acceptors (Lipinski definition) is 3. The molecule has 0 aromatic carbocycles. The summed E-state index contributed by atoms with van der Waals surface area (Å²) >= 11 is 5.08. The summed E-state index contributed by atoms with van der Waals surface area (Å²) in [6.45, 7) is 5.17. The second-order valence-electron chi connectivity index (χ2n) is 4.91. The maximum absolute atomic E-state index is 5.75. The molecule has 0 aliphatic carbocycles. The minimum absolute atomic E-state index is 0.413. The zero-order chi connectivity index (χ0) is 14.1. The van der Waals surface area contributed by atoms with Gasteiger partial charge in [-0.2, -0.15) is 0 Å². The van der Waals surface area contributed by atoms with E-state index in [1.165, 1.54) is 32.1 Å². The molecule has 1 aromatic rings. The van der Waals surface area contributed by atoms with E-state index >= 15 is 0 Å². The molecule has 0 atom stereocenters. The van der Waals surface area contributed by atoms with Gasteiger partial charge in [0.2, 0.25) is 0 Å². The molecule has 19 heavy (non-hydrogen) atoms. The third-order valence-corrected chi connectivity index (χ3v) is 3.43. The summed E-state index contributed by atoms with van der Waals surface area (Å²) in [7, 11) is 0. The molecule has 3 N–H and O–H groups in total. The standard InChI is InChI=1S/C15H25N3S/c1-3-4-5-6-7-8-10-17-15-13(14(16)19)12(2)9-11-18-15/h9,11H,3-8,10H2,1-2H3,(H2,16,19)(H,17,18). The molecule has 0 amide bonds. The van der Waals surface area contributed by atoms with Gasteiger partial charge in [-0.1, -0.05) is 51.2 Å². The smallest absolute Gasteiger partial charge is 0.136 e. The van der Waals surface area contributed by atoms with Crippen molar-refractivity contribution in [2.45, 2.75) is 52.4 Å². The Hall–Kier alpha value is -1.16. The lowest BCUT2D eigenvalue weighted by Crippen LogP contribution is -2.16. The van der Waals surface area contributed by atoms with E-state index in [0.29, 0.717) is 4.99 Å². The molecule has 0 unspecified atom stereocenters. The van der Waals surface area contributed by atoms with Crippen LogP contribution in [0.5, 0.6) is 0 Å². The number of nitrogens with zero attached hydrogens (tertiary/aromatic N) is 1. The van der Waals surface area contributed by atoms with Crippen molar-refractivity contribution in [1.82, 2.24) is 4.98 Å². The Morgan fingerprint density at radius 2 is 1.95 bits per heavy atom. The molecule has 0 aliphatic heterocycles. The largest absolute Gasteiger partial charge is 0.389 e. The van der Waals surface area contributed by atoms with Gasteiger partial charge >= 0.3 is 0 Å². The van der Waals surface area contributed by atoms with E-state index in [0.717, 1.165) is 29.9 Å². The highest BCUT2D eigenvalue weighted by Gasteiger charge is 2.08. The second-order valence-corrected chi connectivity index (χ2v) is 5.35. The third-order valence-electron chi connectivity index (χ3n) is 3.23. The first kappa shape index (κ1) is 15.9. The number of aromatic nitrogens is 1. The highest BCUT2D eigenvalue weighted by Crippen LogP contribution is 2.16. The third kappa shape index (κ3) is 5.55. The lowest BCUT2D eigenvalue weighted by molar-refractivity contribution is 0.617. The Balaban J connectivity index is 2.37. The summed E-state index contributed by atoms with van der Waals surface area (Å²) in [4.78, 5) is 4.74. The van der Waals surface area contributed by atoms with Crippen molar-refractivity contribution in [1.29, 1.82) is 0 Å². The van der Waals surface area contributed by atoms with E-state index < -0.39 is 0 Å². The molecule has 0 aliphatic rings. The van der Waals surface area contributed by atoms with E-state index in [2.05, 4.69) is 17.2 Å². The maximum atomic E-state index is 5.75.